The van der Waals surface area contributed by atoms with Crippen LogP contribution in [0.1, 0.15) is 19.3 Å². The quantitative estimate of drug-likeness (QED) is 0.780. The highest BCUT2D eigenvalue weighted by Crippen LogP contribution is 2.16. The summed E-state index contributed by atoms with van der Waals surface area (Å²) < 4.78 is 5.40. The van der Waals surface area contributed by atoms with Gasteiger partial charge in [0.05, 0.1) is 0 Å². The third-order valence-electron chi connectivity index (χ3n) is 3.77. The maximum atomic E-state index is 11.7. The first-order valence-electron chi connectivity index (χ1n) is 7.01. The van der Waals surface area contributed by atoms with Gasteiger partial charge in [-0.1, -0.05) is 0 Å². The van der Waals surface area contributed by atoms with Gasteiger partial charge >= 0.3 is 6.03 Å². The zero-order valence-electron chi connectivity index (χ0n) is 11.6. The third kappa shape index (κ3) is 4.09. The number of hydrogen-bond acceptors (Lipinski definition) is 3. The standard InChI is InChI=1S/C13H23N3O3/c1-15-6-7-16(13(15)18)9-12(17)14-5-4-11-3-2-8-19-10-11/h11H,2-10H2,1H3,(H,14,17)/t11-/m0/s1. The van der Waals surface area contributed by atoms with Gasteiger partial charge in [0.15, 0.2) is 0 Å². The molecule has 6 heteroatoms. The minimum Gasteiger partial charge on any atom is -0.381 e. The molecule has 0 bridgehead atoms. The van der Waals surface area contributed by atoms with Crippen molar-refractivity contribution < 1.29 is 14.3 Å². The first kappa shape index (κ1) is 14.1. The zero-order chi connectivity index (χ0) is 13.7. The Morgan fingerprint density at radius 1 is 1.47 bits per heavy atom. The summed E-state index contributed by atoms with van der Waals surface area (Å²) in [6.45, 7) is 3.86. The number of nitrogens with one attached hydrogen (secondary N) is 1. The van der Waals surface area contributed by atoms with Gasteiger partial charge in [-0.2, -0.15) is 0 Å². The van der Waals surface area contributed by atoms with Crippen LogP contribution in [0, 0.1) is 5.92 Å². The smallest absolute Gasteiger partial charge is 0.320 e. The van der Waals surface area contributed by atoms with Crippen LogP contribution in [0.4, 0.5) is 4.79 Å². The number of likely N-dealkylation sites (N-methyl/N-ethyl adjacent to an activating group) is 1. The predicted molar refractivity (Wildman–Crippen MR) is 70.8 cm³/mol. The van der Waals surface area contributed by atoms with Crippen molar-refractivity contribution in [3.63, 3.8) is 0 Å². The summed E-state index contributed by atoms with van der Waals surface area (Å²) in [5.41, 5.74) is 0. The maximum absolute atomic E-state index is 11.7. The largest absolute Gasteiger partial charge is 0.381 e. The summed E-state index contributed by atoms with van der Waals surface area (Å²) >= 11 is 0. The van der Waals surface area contributed by atoms with E-state index in [0.29, 0.717) is 25.6 Å². The normalized spacial score (nSPS) is 23.8. The molecule has 2 fully saturated rings. The Kier molecular flexibility index (Phi) is 5.01. The van der Waals surface area contributed by atoms with Gasteiger partial charge in [0, 0.05) is 39.9 Å². The van der Waals surface area contributed by atoms with E-state index >= 15 is 0 Å². The lowest BCUT2D eigenvalue weighted by atomic mass is 9.99. The van der Waals surface area contributed by atoms with Gasteiger partial charge in [-0.25, -0.2) is 4.79 Å². The van der Waals surface area contributed by atoms with E-state index in [1.165, 1.54) is 6.42 Å². The van der Waals surface area contributed by atoms with Gasteiger partial charge in [0.2, 0.25) is 5.91 Å². The molecule has 0 saturated carbocycles. The molecule has 1 N–H and O–H groups in total. The van der Waals surface area contributed by atoms with Crippen LogP contribution in [-0.4, -0.2) is 68.2 Å². The van der Waals surface area contributed by atoms with Crippen molar-refractivity contribution >= 4 is 11.9 Å². The molecule has 0 radical (unpaired) electrons. The van der Waals surface area contributed by atoms with Crippen LogP contribution in [-0.2, 0) is 9.53 Å². The molecule has 0 aromatic heterocycles. The van der Waals surface area contributed by atoms with Crippen molar-refractivity contribution in [2.75, 3.05) is 46.4 Å². The molecular weight excluding hydrogens is 246 g/mol. The van der Waals surface area contributed by atoms with E-state index in [2.05, 4.69) is 5.32 Å². The monoisotopic (exact) mass is 269 g/mol. The molecule has 2 saturated heterocycles. The second-order valence-corrected chi connectivity index (χ2v) is 5.35. The Labute approximate surface area is 114 Å². The number of carbonyl (C=O) groups is 2. The number of amides is 3. The molecule has 1 atom stereocenters. The van der Waals surface area contributed by atoms with Crippen molar-refractivity contribution in [2.45, 2.75) is 19.3 Å². The van der Waals surface area contributed by atoms with Crippen LogP contribution in [0.3, 0.4) is 0 Å². The van der Waals surface area contributed by atoms with Crippen LogP contribution in [0.2, 0.25) is 0 Å². The van der Waals surface area contributed by atoms with Crippen LogP contribution in [0.15, 0.2) is 0 Å². The Balaban J connectivity index is 1.60. The number of hydrogen-bond donors (Lipinski definition) is 1. The lowest BCUT2D eigenvalue weighted by molar-refractivity contribution is -0.121. The molecule has 19 heavy (non-hydrogen) atoms. The molecule has 2 heterocycles. The number of carbonyl (C=O) groups excluding carboxylic acids is 2. The van der Waals surface area contributed by atoms with Gasteiger partial charge in [-0.3, -0.25) is 4.79 Å². The van der Waals surface area contributed by atoms with E-state index in [1.807, 2.05) is 0 Å². The topological polar surface area (TPSA) is 61.9 Å². The minimum atomic E-state index is -0.0691. The van der Waals surface area contributed by atoms with Gasteiger partial charge in [0.1, 0.15) is 6.54 Å². The van der Waals surface area contributed by atoms with E-state index < -0.39 is 0 Å². The molecule has 0 aromatic carbocycles. The summed E-state index contributed by atoms with van der Waals surface area (Å²) in [5, 5.41) is 2.89. The second-order valence-electron chi connectivity index (χ2n) is 5.35. The minimum absolute atomic E-state index is 0.0594. The predicted octanol–water partition coefficient (Wildman–Crippen LogP) is 0.287. The summed E-state index contributed by atoms with van der Waals surface area (Å²) in [4.78, 5) is 26.6. The zero-order valence-corrected chi connectivity index (χ0v) is 11.6. The van der Waals surface area contributed by atoms with E-state index in [0.717, 1.165) is 26.1 Å². The molecule has 6 nitrogen and oxygen atoms in total. The number of rotatable bonds is 5. The van der Waals surface area contributed by atoms with Crippen LogP contribution in [0.5, 0.6) is 0 Å². The summed E-state index contributed by atoms with van der Waals surface area (Å²) in [5.74, 6) is 0.494. The van der Waals surface area contributed by atoms with E-state index in [1.54, 1.807) is 16.8 Å². The number of nitrogens with zero attached hydrogens (tertiary/aromatic N) is 2. The molecule has 0 spiro atoms. The van der Waals surface area contributed by atoms with Gasteiger partial charge < -0.3 is 19.9 Å². The average molecular weight is 269 g/mol. The Morgan fingerprint density at radius 3 is 2.95 bits per heavy atom. The van der Waals surface area contributed by atoms with Crippen LogP contribution < -0.4 is 5.32 Å². The molecule has 2 aliphatic heterocycles. The Hall–Kier alpha value is -1.30. The van der Waals surface area contributed by atoms with E-state index in [-0.39, 0.29) is 18.5 Å². The van der Waals surface area contributed by atoms with Crippen molar-refractivity contribution in [2.24, 2.45) is 5.92 Å². The SMILES string of the molecule is CN1CCN(CC(=O)NCC[C@@H]2CCCOC2)C1=O. The maximum Gasteiger partial charge on any atom is 0.320 e. The molecular formula is C13H23N3O3. The molecule has 0 unspecified atom stereocenters. The van der Waals surface area contributed by atoms with E-state index in [4.69, 9.17) is 4.74 Å². The highest BCUT2D eigenvalue weighted by Gasteiger charge is 2.26. The molecule has 2 rings (SSSR count). The van der Waals surface area contributed by atoms with Crippen molar-refractivity contribution in [3.8, 4) is 0 Å². The molecule has 3 amide bonds. The molecule has 0 aliphatic carbocycles. The highest BCUT2D eigenvalue weighted by molar-refractivity contribution is 5.84. The first-order chi connectivity index (χ1) is 9.16. The van der Waals surface area contributed by atoms with Gasteiger partial charge in [0.25, 0.3) is 0 Å². The van der Waals surface area contributed by atoms with Crippen LogP contribution >= 0.6 is 0 Å². The Morgan fingerprint density at radius 2 is 2.32 bits per heavy atom. The van der Waals surface area contributed by atoms with E-state index in [9.17, 15) is 9.59 Å². The fourth-order valence-electron chi connectivity index (χ4n) is 2.53. The van der Waals surface area contributed by atoms with Crippen LogP contribution in [0.25, 0.3) is 0 Å². The third-order valence-corrected chi connectivity index (χ3v) is 3.77. The van der Waals surface area contributed by atoms with Crippen molar-refractivity contribution in [3.05, 3.63) is 0 Å². The summed E-state index contributed by atoms with van der Waals surface area (Å²) in [6, 6.07) is -0.0594. The molecule has 108 valence electrons. The van der Waals surface area contributed by atoms with Gasteiger partial charge in [-0.15, -0.1) is 0 Å². The molecule has 2 aliphatic rings. The lowest BCUT2D eigenvalue weighted by Gasteiger charge is -2.22. The van der Waals surface area contributed by atoms with Crippen molar-refractivity contribution in [1.29, 1.82) is 0 Å². The number of ether oxygens (including phenoxy) is 1. The second kappa shape index (κ2) is 6.75. The average Bonchev–Trinajstić information content (AvgIpc) is 2.72. The summed E-state index contributed by atoms with van der Waals surface area (Å²) in [6.07, 6.45) is 3.26. The first-order valence-corrected chi connectivity index (χ1v) is 7.01. The fraction of sp³-hybridized carbons (Fsp3) is 0.846. The Bertz CT molecular complexity index is 329. The molecule has 0 aromatic rings. The lowest BCUT2D eigenvalue weighted by Crippen LogP contribution is -2.40. The highest BCUT2D eigenvalue weighted by atomic mass is 16.5. The van der Waals surface area contributed by atoms with Crippen molar-refractivity contribution in [1.82, 2.24) is 15.1 Å². The summed E-state index contributed by atoms with van der Waals surface area (Å²) in [7, 11) is 1.75. The van der Waals surface area contributed by atoms with Gasteiger partial charge in [-0.05, 0) is 25.2 Å². The fourth-order valence-corrected chi connectivity index (χ4v) is 2.53. The number of urea groups is 1.